The van der Waals surface area contributed by atoms with Gasteiger partial charge in [-0.1, -0.05) is 0 Å². The molecule has 1 aliphatic rings. The van der Waals surface area contributed by atoms with E-state index in [4.69, 9.17) is 14.2 Å². The third-order valence-electron chi connectivity index (χ3n) is 4.72. The third kappa shape index (κ3) is 7.15. The van der Waals surface area contributed by atoms with Crippen molar-refractivity contribution in [1.29, 1.82) is 0 Å². The second-order valence-electron chi connectivity index (χ2n) is 7.12. The van der Waals surface area contributed by atoms with Crippen molar-refractivity contribution in [3.8, 4) is 5.75 Å². The number of rotatable bonds is 8. The Bertz CT molecular complexity index is 1140. The van der Waals surface area contributed by atoms with E-state index in [1.807, 2.05) is 0 Å². The lowest BCUT2D eigenvalue weighted by molar-refractivity contribution is -0.274. The molecule has 2 aromatic carbocycles. The summed E-state index contributed by atoms with van der Waals surface area (Å²) in [5.41, 5.74) is 0.913. The molecule has 0 fully saturated rings. The minimum absolute atomic E-state index is 0.00657. The van der Waals surface area contributed by atoms with Crippen LogP contribution in [-0.4, -0.2) is 57.5 Å². The molecule has 3 rings (SSSR count). The molecule has 0 atom stereocenters. The van der Waals surface area contributed by atoms with Gasteiger partial charge >= 0.3 is 18.3 Å². The number of alkyl halides is 3. The number of thioether (sulfide) groups is 1. The zero-order valence-corrected chi connectivity index (χ0v) is 19.9. The summed E-state index contributed by atoms with van der Waals surface area (Å²) in [6.45, 7) is -0.0959. The van der Waals surface area contributed by atoms with Crippen molar-refractivity contribution in [1.82, 2.24) is 0 Å². The van der Waals surface area contributed by atoms with Crippen molar-refractivity contribution >= 4 is 41.0 Å². The maximum Gasteiger partial charge on any atom is 0.573 e. The quantitative estimate of drug-likeness (QED) is 0.407. The first-order valence-electron chi connectivity index (χ1n) is 10.2. The molecular weight excluding hydrogens is 505 g/mol. The molecule has 0 aliphatic carbocycles. The highest BCUT2D eigenvalue weighted by atomic mass is 32.2. The number of anilines is 2. The first kappa shape index (κ1) is 26.9. The van der Waals surface area contributed by atoms with Crippen molar-refractivity contribution in [2.24, 2.45) is 0 Å². The number of hydrogen-bond acceptors (Lipinski definition) is 9. The Morgan fingerprint density at radius 3 is 2.22 bits per heavy atom. The van der Waals surface area contributed by atoms with Crippen LogP contribution in [0.4, 0.5) is 24.5 Å². The first-order chi connectivity index (χ1) is 17.1. The van der Waals surface area contributed by atoms with E-state index < -0.39 is 24.1 Å². The van der Waals surface area contributed by atoms with E-state index in [2.05, 4.69) is 10.1 Å². The molecule has 0 saturated carbocycles. The number of methoxy groups -OCH3 is 2. The molecule has 0 unspecified atom stereocenters. The maximum atomic E-state index is 12.4. The van der Waals surface area contributed by atoms with E-state index in [9.17, 15) is 27.6 Å². The van der Waals surface area contributed by atoms with E-state index >= 15 is 0 Å². The monoisotopic (exact) mass is 526 g/mol. The van der Waals surface area contributed by atoms with E-state index in [0.29, 0.717) is 11.4 Å². The highest BCUT2D eigenvalue weighted by molar-refractivity contribution is 8.00. The molecule has 0 spiro atoms. The van der Waals surface area contributed by atoms with Gasteiger partial charge in [0.1, 0.15) is 18.2 Å². The maximum absolute atomic E-state index is 12.4. The van der Waals surface area contributed by atoms with Crippen LogP contribution in [0, 0.1) is 0 Å². The molecule has 192 valence electrons. The van der Waals surface area contributed by atoms with Crippen molar-refractivity contribution in [3.63, 3.8) is 0 Å². The molecule has 0 aromatic heterocycles. The number of nitrogens with zero attached hydrogens (tertiary/aromatic N) is 1. The molecule has 1 amide bonds. The standard InChI is InChI=1S/C23H21F3N2O7S/c1-32-21(30)18-11-34-13-28(20(18)22(31)33-2)15-5-9-17(10-6-15)36-12-19(29)27-14-3-7-16(8-4-14)35-23(24,25)26/h3-10H,11-13H2,1-2H3,(H,27,29). The van der Waals surface area contributed by atoms with Gasteiger partial charge in [-0.25, -0.2) is 9.59 Å². The van der Waals surface area contributed by atoms with Crippen molar-refractivity contribution < 1.29 is 46.5 Å². The Hall–Kier alpha value is -3.71. The fourth-order valence-corrected chi connectivity index (χ4v) is 3.85. The second-order valence-corrected chi connectivity index (χ2v) is 8.17. The fraction of sp³-hybridized carbons (Fsp3) is 0.261. The summed E-state index contributed by atoms with van der Waals surface area (Å²) in [6.07, 6.45) is -4.79. The van der Waals surface area contributed by atoms with Gasteiger partial charge in [0.15, 0.2) is 0 Å². The number of amides is 1. The van der Waals surface area contributed by atoms with Crippen molar-refractivity contribution in [2.75, 3.05) is 43.5 Å². The molecule has 0 saturated heterocycles. The third-order valence-corrected chi connectivity index (χ3v) is 5.74. The number of halogens is 3. The summed E-state index contributed by atoms with van der Waals surface area (Å²) in [7, 11) is 2.40. The fourth-order valence-electron chi connectivity index (χ4n) is 3.16. The van der Waals surface area contributed by atoms with Crippen LogP contribution in [0.5, 0.6) is 5.75 Å². The second kappa shape index (κ2) is 11.8. The number of carbonyl (C=O) groups excluding carboxylic acids is 3. The zero-order valence-electron chi connectivity index (χ0n) is 19.1. The number of benzene rings is 2. The highest BCUT2D eigenvalue weighted by Gasteiger charge is 2.32. The summed E-state index contributed by atoms with van der Waals surface area (Å²) in [5.74, 6) is -2.14. The van der Waals surface area contributed by atoms with Crippen LogP contribution in [0.25, 0.3) is 0 Å². The van der Waals surface area contributed by atoms with Gasteiger partial charge in [-0.15, -0.1) is 24.9 Å². The van der Waals surface area contributed by atoms with Crippen LogP contribution in [0.15, 0.2) is 64.7 Å². The van der Waals surface area contributed by atoms with Gasteiger partial charge < -0.3 is 29.2 Å². The summed E-state index contributed by atoms with van der Waals surface area (Å²) in [5, 5.41) is 2.59. The largest absolute Gasteiger partial charge is 0.573 e. The summed E-state index contributed by atoms with van der Waals surface area (Å²) in [6, 6.07) is 11.6. The molecular formula is C23H21F3N2O7S. The van der Waals surface area contributed by atoms with Gasteiger partial charge in [-0.3, -0.25) is 4.79 Å². The van der Waals surface area contributed by atoms with Crippen LogP contribution in [0.2, 0.25) is 0 Å². The van der Waals surface area contributed by atoms with E-state index in [1.54, 1.807) is 24.3 Å². The molecule has 13 heteroatoms. The SMILES string of the molecule is COC(=O)C1=C(C(=O)OC)N(c2ccc(SCC(=O)Nc3ccc(OC(F)(F)F)cc3)cc2)COC1. The number of hydrogen-bond donors (Lipinski definition) is 1. The van der Waals surface area contributed by atoms with Gasteiger partial charge in [0.25, 0.3) is 0 Å². The molecule has 1 N–H and O–H groups in total. The zero-order chi connectivity index (χ0) is 26.3. The molecule has 0 bridgehead atoms. The van der Waals surface area contributed by atoms with E-state index in [0.717, 1.165) is 17.0 Å². The molecule has 1 aliphatic heterocycles. The topological polar surface area (TPSA) is 103 Å². The number of ether oxygens (including phenoxy) is 4. The van der Waals surface area contributed by atoms with Crippen LogP contribution in [0.3, 0.4) is 0 Å². The summed E-state index contributed by atoms with van der Waals surface area (Å²) in [4.78, 5) is 38.9. The van der Waals surface area contributed by atoms with Gasteiger partial charge in [-0.05, 0) is 48.5 Å². The number of nitrogens with one attached hydrogen (secondary N) is 1. The normalized spacial score (nSPS) is 13.8. The van der Waals surface area contributed by atoms with Gasteiger partial charge in [-0.2, -0.15) is 0 Å². The van der Waals surface area contributed by atoms with Crippen LogP contribution >= 0.6 is 11.8 Å². The Labute approximate surface area is 208 Å². The lowest BCUT2D eigenvalue weighted by atomic mass is 10.1. The minimum atomic E-state index is -4.79. The molecule has 1 heterocycles. The predicted molar refractivity (Wildman–Crippen MR) is 123 cm³/mol. The van der Waals surface area contributed by atoms with E-state index in [-0.39, 0.29) is 36.3 Å². The molecule has 2 aromatic rings. The number of carbonyl (C=O) groups is 3. The lowest BCUT2D eigenvalue weighted by Crippen LogP contribution is -2.38. The predicted octanol–water partition coefficient (Wildman–Crippen LogP) is 3.71. The van der Waals surface area contributed by atoms with Crippen molar-refractivity contribution in [2.45, 2.75) is 11.3 Å². The van der Waals surface area contributed by atoms with Crippen LogP contribution < -0.4 is 15.0 Å². The Morgan fingerprint density at radius 1 is 1.00 bits per heavy atom. The molecule has 0 radical (unpaired) electrons. The molecule has 36 heavy (non-hydrogen) atoms. The number of esters is 2. The first-order valence-corrected chi connectivity index (χ1v) is 11.2. The average molecular weight is 526 g/mol. The Kier molecular flexibility index (Phi) is 8.83. The van der Waals surface area contributed by atoms with Crippen molar-refractivity contribution in [3.05, 3.63) is 59.8 Å². The highest BCUT2D eigenvalue weighted by Crippen LogP contribution is 2.29. The lowest BCUT2D eigenvalue weighted by Gasteiger charge is -2.31. The Balaban J connectivity index is 1.62. The van der Waals surface area contributed by atoms with Gasteiger partial charge in [0.05, 0.1) is 32.2 Å². The minimum Gasteiger partial charge on any atom is -0.466 e. The van der Waals surface area contributed by atoms with E-state index in [1.165, 1.54) is 43.0 Å². The average Bonchev–Trinajstić information content (AvgIpc) is 2.86. The smallest absolute Gasteiger partial charge is 0.466 e. The van der Waals surface area contributed by atoms with Crippen LogP contribution in [0.1, 0.15) is 0 Å². The Morgan fingerprint density at radius 2 is 1.64 bits per heavy atom. The summed E-state index contributed by atoms with van der Waals surface area (Å²) < 4.78 is 55.5. The van der Waals surface area contributed by atoms with Gasteiger partial charge in [0, 0.05) is 16.3 Å². The molecule has 9 nitrogen and oxygen atoms in total. The van der Waals surface area contributed by atoms with Gasteiger partial charge in [0.2, 0.25) is 5.91 Å². The van der Waals surface area contributed by atoms with Crippen LogP contribution in [-0.2, 0) is 28.6 Å². The summed E-state index contributed by atoms with van der Waals surface area (Å²) >= 11 is 1.22.